The van der Waals surface area contributed by atoms with Gasteiger partial charge in [0.15, 0.2) is 0 Å². The van der Waals surface area contributed by atoms with Gasteiger partial charge >= 0.3 is 0 Å². The number of halogens is 1. The third-order valence-corrected chi connectivity index (χ3v) is 6.08. The number of nitrogens with zero attached hydrogens (tertiary/aromatic N) is 1. The molecule has 0 unspecified atom stereocenters. The summed E-state index contributed by atoms with van der Waals surface area (Å²) in [5.74, 6) is 1.50. The van der Waals surface area contributed by atoms with E-state index >= 15 is 0 Å². The topological polar surface area (TPSA) is 60.5 Å². The number of aromatic nitrogens is 1. The summed E-state index contributed by atoms with van der Waals surface area (Å²) in [5, 5.41) is 6.60. The number of ether oxygens (including phenoxy) is 2. The minimum atomic E-state index is -0.0419. The predicted molar refractivity (Wildman–Crippen MR) is 134 cm³/mol. The molecule has 1 N–H and O–H groups in total. The summed E-state index contributed by atoms with van der Waals surface area (Å²) in [6, 6.07) is 22.7. The van der Waals surface area contributed by atoms with E-state index in [1.54, 1.807) is 18.4 Å². The average Bonchev–Trinajstić information content (AvgIpc) is 3.33. The van der Waals surface area contributed by atoms with Crippen molar-refractivity contribution < 1.29 is 14.3 Å². The van der Waals surface area contributed by atoms with Gasteiger partial charge in [-0.25, -0.2) is 4.98 Å². The third kappa shape index (κ3) is 6.34. The Morgan fingerprint density at radius 1 is 0.939 bits per heavy atom. The predicted octanol–water partition coefficient (Wildman–Crippen LogP) is 6.94. The highest BCUT2D eigenvalue weighted by atomic mass is 35.5. The highest BCUT2D eigenvalue weighted by Crippen LogP contribution is 2.30. The largest absolute Gasteiger partial charge is 0.497 e. The van der Waals surface area contributed by atoms with Gasteiger partial charge in [-0.15, -0.1) is 11.3 Å². The number of anilines is 1. The number of hydrogen-bond donors (Lipinski definition) is 1. The normalized spacial score (nSPS) is 10.6. The lowest BCUT2D eigenvalue weighted by atomic mass is 10.1. The number of benzene rings is 3. The average molecular weight is 479 g/mol. The molecule has 0 aliphatic rings. The number of thiazole rings is 1. The Balaban J connectivity index is 1.25. The number of carbonyl (C=O) groups is 1. The SMILES string of the molecule is COc1ccc(OCCCC(=O)Nc2ccc(-c3csc(-c4ccc(Cl)cc4)n3)cc2)cc1. The molecule has 0 fully saturated rings. The summed E-state index contributed by atoms with van der Waals surface area (Å²) in [6.07, 6.45) is 1.01. The molecule has 1 aromatic heterocycles. The second-order valence-corrected chi connectivity index (χ2v) is 8.59. The Hall–Kier alpha value is -3.35. The van der Waals surface area contributed by atoms with Crippen LogP contribution in [0.2, 0.25) is 5.02 Å². The molecule has 7 heteroatoms. The second kappa shape index (κ2) is 11.0. The fourth-order valence-corrected chi connectivity index (χ4v) is 4.14. The zero-order valence-electron chi connectivity index (χ0n) is 18.1. The van der Waals surface area contributed by atoms with Crippen molar-refractivity contribution in [1.82, 2.24) is 4.98 Å². The van der Waals surface area contributed by atoms with Gasteiger partial charge in [0.25, 0.3) is 0 Å². The van der Waals surface area contributed by atoms with Crippen molar-refractivity contribution in [2.45, 2.75) is 12.8 Å². The molecule has 5 nitrogen and oxygen atoms in total. The van der Waals surface area contributed by atoms with Gasteiger partial charge in [0.2, 0.25) is 5.91 Å². The molecule has 1 amide bonds. The van der Waals surface area contributed by atoms with Crippen LogP contribution < -0.4 is 14.8 Å². The Morgan fingerprint density at radius 3 is 2.30 bits per heavy atom. The van der Waals surface area contributed by atoms with Gasteiger partial charge in [0.1, 0.15) is 16.5 Å². The molecule has 0 spiro atoms. The van der Waals surface area contributed by atoms with Crippen molar-refractivity contribution in [2.24, 2.45) is 0 Å². The van der Waals surface area contributed by atoms with E-state index in [0.29, 0.717) is 24.5 Å². The van der Waals surface area contributed by atoms with Crippen molar-refractivity contribution >= 4 is 34.5 Å². The number of rotatable bonds is 9. The van der Waals surface area contributed by atoms with Crippen LogP contribution >= 0.6 is 22.9 Å². The zero-order valence-corrected chi connectivity index (χ0v) is 19.7. The van der Waals surface area contributed by atoms with Crippen molar-refractivity contribution in [2.75, 3.05) is 19.0 Å². The van der Waals surface area contributed by atoms with E-state index in [2.05, 4.69) is 5.32 Å². The number of amides is 1. The number of methoxy groups -OCH3 is 1. The Bertz CT molecular complexity index is 1190. The fraction of sp³-hybridized carbons (Fsp3) is 0.154. The minimum Gasteiger partial charge on any atom is -0.497 e. The van der Waals surface area contributed by atoms with Gasteiger partial charge in [-0.3, -0.25) is 4.79 Å². The highest BCUT2D eigenvalue weighted by Gasteiger charge is 2.08. The van der Waals surface area contributed by atoms with Crippen LogP contribution in [0.15, 0.2) is 78.2 Å². The van der Waals surface area contributed by atoms with Gasteiger partial charge < -0.3 is 14.8 Å². The number of nitrogens with one attached hydrogen (secondary N) is 1. The quantitative estimate of drug-likeness (QED) is 0.265. The van der Waals surface area contributed by atoms with Crippen LogP contribution in [0.25, 0.3) is 21.8 Å². The van der Waals surface area contributed by atoms with Crippen molar-refractivity contribution in [1.29, 1.82) is 0 Å². The highest BCUT2D eigenvalue weighted by molar-refractivity contribution is 7.13. The molecule has 0 atom stereocenters. The van der Waals surface area contributed by atoms with E-state index in [1.165, 1.54) is 0 Å². The van der Waals surface area contributed by atoms with Crippen LogP contribution in [0.3, 0.4) is 0 Å². The third-order valence-electron chi connectivity index (χ3n) is 4.94. The van der Waals surface area contributed by atoms with E-state index in [-0.39, 0.29) is 5.91 Å². The first kappa shape index (κ1) is 22.8. The van der Waals surface area contributed by atoms with Crippen molar-refractivity contribution in [3.8, 4) is 33.3 Å². The Labute approximate surface area is 202 Å². The van der Waals surface area contributed by atoms with Gasteiger partial charge in [-0.2, -0.15) is 0 Å². The molecule has 4 aromatic rings. The van der Waals surface area contributed by atoms with Crippen LogP contribution in [0, 0.1) is 0 Å². The maximum Gasteiger partial charge on any atom is 0.224 e. The van der Waals surface area contributed by atoms with Crippen LogP contribution in [-0.2, 0) is 4.79 Å². The molecule has 33 heavy (non-hydrogen) atoms. The van der Waals surface area contributed by atoms with E-state index in [0.717, 1.165) is 39.0 Å². The van der Waals surface area contributed by atoms with Gasteiger partial charge in [-0.05, 0) is 55.0 Å². The Morgan fingerprint density at radius 2 is 1.61 bits per heavy atom. The first-order valence-corrected chi connectivity index (χ1v) is 11.7. The molecule has 0 saturated carbocycles. The lowest BCUT2D eigenvalue weighted by Gasteiger charge is -2.08. The molecule has 168 valence electrons. The molecule has 0 aliphatic heterocycles. The van der Waals surface area contributed by atoms with Crippen LogP contribution in [-0.4, -0.2) is 24.6 Å². The van der Waals surface area contributed by atoms with E-state index in [9.17, 15) is 4.79 Å². The van der Waals surface area contributed by atoms with Gasteiger partial charge in [-0.1, -0.05) is 35.9 Å². The van der Waals surface area contributed by atoms with Crippen LogP contribution in [0.1, 0.15) is 12.8 Å². The zero-order chi connectivity index (χ0) is 23.0. The van der Waals surface area contributed by atoms with Crippen LogP contribution in [0.5, 0.6) is 11.5 Å². The fourth-order valence-electron chi connectivity index (χ4n) is 3.17. The van der Waals surface area contributed by atoms with Crippen molar-refractivity contribution in [3.05, 3.63) is 83.2 Å². The molecule has 3 aromatic carbocycles. The first-order chi connectivity index (χ1) is 16.1. The second-order valence-electron chi connectivity index (χ2n) is 7.30. The number of carbonyl (C=O) groups excluding carboxylic acids is 1. The standard InChI is InChI=1S/C26H23ClN2O3S/c1-31-22-12-14-23(15-13-22)32-16-2-3-25(30)28-21-10-6-18(7-11-21)24-17-33-26(29-24)19-4-8-20(27)9-5-19/h4-15,17H,2-3,16H2,1H3,(H,28,30). The summed E-state index contributed by atoms with van der Waals surface area (Å²) >= 11 is 7.55. The molecule has 0 saturated heterocycles. The summed E-state index contributed by atoms with van der Waals surface area (Å²) in [6.45, 7) is 0.471. The summed E-state index contributed by atoms with van der Waals surface area (Å²) in [5.41, 5.74) is 3.69. The molecule has 4 rings (SSSR count). The molecule has 0 radical (unpaired) electrons. The van der Waals surface area contributed by atoms with E-state index in [1.807, 2.05) is 78.2 Å². The molecule has 0 bridgehead atoms. The van der Waals surface area contributed by atoms with Gasteiger partial charge in [0, 0.05) is 33.6 Å². The van der Waals surface area contributed by atoms with Gasteiger partial charge in [0.05, 0.1) is 19.4 Å². The van der Waals surface area contributed by atoms with Crippen LogP contribution in [0.4, 0.5) is 5.69 Å². The summed E-state index contributed by atoms with van der Waals surface area (Å²) in [4.78, 5) is 17.0. The Kier molecular flexibility index (Phi) is 7.60. The summed E-state index contributed by atoms with van der Waals surface area (Å²) in [7, 11) is 1.62. The maximum atomic E-state index is 12.2. The lowest BCUT2D eigenvalue weighted by molar-refractivity contribution is -0.116. The minimum absolute atomic E-state index is 0.0419. The lowest BCUT2D eigenvalue weighted by Crippen LogP contribution is -2.12. The van der Waals surface area contributed by atoms with E-state index in [4.69, 9.17) is 26.1 Å². The molecular formula is C26H23ClN2O3S. The summed E-state index contributed by atoms with van der Waals surface area (Å²) < 4.78 is 10.8. The molecule has 1 heterocycles. The smallest absolute Gasteiger partial charge is 0.224 e. The monoisotopic (exact) mass is 478 g/mol. The number of hydrogen-bond acceptors (Lipinski definition) is 5. The van der Waals surface area contributed by atoms with Crippen molar-refractivity contribution in [3.63, 3.8) is 0 Å². The van der Waals surface area contributed by atoms with E-state index < -0.39 is 0 Å². The maximum absolute atomic E-state index is 12.2. The molecule has 0 aliphatic carbocycles. The first-order valence-electron chi connectivity index (χ1n) is 10.5. The molecular weight excluding hydrogens is 456 g/mol.